The minimum atomic E-state index is 0.0747. The first kappa shape index (κ1) is 18.3. The molecular formula is C19H29N3O2. The topological polar surface area (TPSA) is 52.7 Å². The molecule has 1 aliphatic heterocycles. The van der Waals surface area contributed by atoms with Crippen molar-refractivity contribution < 1.29 is 9.59 Å². The molecule has 0 radical (unpaired) electrons. The number of carbonyl (C=O) groups is 2. The number of piperidine rings is 1. The lowest BCUT2D eigenvalue weighted by Crippen LogP contribution is -2.46. The summed E-state index contributed by atoms with van der Waals surface area (Å²) in [5.41, 5.74) is 1.75. The predicted molar refractivity (Wildman–Crippen MR) is 97.3 cm³/mol. The van der Waals surface area contributed by atoms with E-state index in [1.165, 1.54) is 0 Å². The van der Waals surface area contributed by atoms with E-state index in [1.807, 2.05) is 62.0 Å². The monoisotopic (exact) mass is 331 g/mol. The molecule has 1 aliphatic rings. The fourth-order valence-electron chi connectivity index (χ4n) is 2.98. The van der Waals surface area contributed by atoms with E-state index >= 15 is 0 Å². The van der Waals surface area contributed by atoms with Crippen molar-refractivity contribution in [3.8, 4) is 0 Å². The van der Waals surface area contributed by atoms with E-state index in [0.717, 1.165) is 24.1 Å². The van der Waals surface area contributed by atoms with Crippen molar-refractivity contribution >= 4 is 17.5 Å². The Morgan fingerprint density at radius 2 is 1.92 bits per heavy atom. The lowest BCUT2D eigenvalue weighted by Gasteiger charge is -2.32. The maximum absolute atomic E-state index is 12.7. The van der Waals surface area contributed by atoms with E-state index < -0.39 is 0 Å². The number of rotatable bonds is 5. The van der Waals surface area contributed by atoms with Gasteiger partial charge < -0.3 is 15.1 Å². The number of carbonyl (C=O) groups excluding carboxylic acids is 2. The van der Waals surface area contributed by atoms with Gasteiger partial charge >= 0.3 is 0 Å². The van der Waals surface area contributed by atoms with E-state index in [1.54, 1.807) is 0 Å². The molecule has 2 rings (SSSR count). The smallest absolute Gasteiger partial charge is 0.253 e. The summed E-state index contributed by atoms with van der Waals surface area (Å²) in [6, 6.07) is 7.90. The summed E-state index contributed by atoms with van der Waals surface area (Å²) in [5.74, 6) is 0.565. The summed E-state index contributed by atoms with van der Waals surface area (Å²) in [4.78, 5) is 28.4. The SMILES string of the molecule is CC(C)CC(=O)NC1CCN(C(=O)c2cccc(N(C)C)c2)CC1. The maximum Gasteiger partial charge on any atom is 0.253 e. The van der Waals surface area contributed by atoms with Gasteiger partial charge in [-0.1, -0.05) is 19.9 Å². The molecule has 0 aliphatic carbocycles. The number of hydrogen-bond acceptors (Lipinski definition) is 3. The van der Waals surface area contributed by atoms with Crippen molar-refractivity contribution in [2.45, 2.75) is 39.2 Å². The first-order chi connectivity index (χ1) is 11.4. The van der Waals surface area contributed by atoms with Gasteiger partial charge in [0.25, 0.3) is 5.91 Å². The molecule has 0 spiro atoms. The largest absolute Gasteiger partial charge is 0.378 e. The molecule has 2 amide bonds. The average Bonchev–Trinajstić information content (AvgIpc) is 2.54. The van der Waals surface area contributed by atoms with Crippen molar-refractivity contribution in [1.29, 1.82) is 0 Å². The van der Waals surface area contributed by atoms with Crippen molar-refractivity contribution in [2.24, 2.45) is 5.92 Å². The molecule has 1 saturated heterocycles. The summed E-state index contributed by atoms with van der Waals surface area (Å²) < 4.78 is 0. The standard InChI is InChI=1S/C19H29N3O2/c1-14(2)12-18(23)20-16-8-10-22(11-9-16)19(24)15-6-5-7-17(13-15)21(3)4/h5-7,13-14,16H,8-12H2,1-4H3,(H,20,23). The number of nitrogens with zero attached hydrogens (tertiary/aromatic N) is 2. The van der Waals surface area contributed by atoms with Crippen LogP contribution in [0.3, 0.4) is 0 Å². The first-order valence-corrected chi connectivity index (χ1v) is 8.73. The van der Waals surface area contributed by atoms with Gasteiger partial charge in [-0.2, -0.15) is 0 Å². The summed E-state index contributed by atoms with van der Waals surface area (Å²) in [6.07, 6.45) is 2.21. The van der Waals surface area contributed by atoms with Crippen LogP contribution in [-0.4, -0.2) is 49.9 Å². The van der Waals surface area contributed by atoms with Gasteiger partial charge in [-0.15, -0.1) is 0 Å². The number of nitrogens with one attached hydrogen (secondary N) is 1. The van der Waals surface area contributed by atoms with Crippen LogP contribution in [0.4, 0.5) is 5.69 Å². The van der Waals surface area contributed by atoms with E-state index in [9.17, 15) is 9.59 Å². The van der Waals surface area contributed by atoms with Gasteiger partial charge in [-0.3, -0.25) is 9.59 Å². The molecule has 1 aromatic rings. The summed E-state index contributed by atoms with van der Waals surface area (Å²) in [6.45, 7) is 5.47. The summed E-state index contributed by atoms with van der Waals surface area (Å²) in [7, 11) is 3.93. The predicted octanol–water partition coefficient (Wildman–Crippen LogP) is 2.52. The number of likely N-dealkylation sites (tertiary alicyclic amines) is 1. The molecule has 5 nitrogen and oxygen atoms in total. The van der Waals surface area contributed by atoms with Crippen LogP contribution in [0.5, 0.6) is 0 Å². The molecule has 0 aromatic heterocycles. The van der Waals surface area contributed by atoms with Crippen molar-refractivity contribution in [2.75, 3.05) is 32.1 Å². The molecule has 0 atom stereocenters. The van der Waals surface area contributed by atoms with Crippen LogP contribution in [0.1, 0.15) is 43.5 Å². The second kappa shape index (κ2) is 8.18. The van der Waals surface area contributed by atoms with Gasteiger partial charge in [0.2, 0.25) is 5.91 Å². The van der Waals surface area contributed by atoms with Crippen molar-refractivity contribution in [3.05, 3.63) is 29.8 Å². The molecule has 1 fully saturated rings. The third-order valence-corrected chi connectivity index (χ3v) is 4.35. The highest BCUT2D eigenvalue weighted by Gasteiger charge is 2.24. The van der Waals surface area contributed by atoms with Crippen LogP contribution in [0, 0.1) is 5.92 Å². The van der Waals surface area contributed by atoms with Gasteiger partial charge in [-0.25, -0.2) is 0 Å². The Labute approximate surface area is 145 Å². The minimum absolute atomic E-state index is 0.0747. The Morgan fingerprint density at radius 1 is 1.25 bits per heavy atom. The van der Waals surface area contributed by atoms with Crippen LogP contribution >= 0.6 is 0 Å². The molecule has 0 saturated carbocycles. The van der Waals surface area contributed by atoms with Crippen LogP contribution in [0.2, 0.25) is 0 Å². The Balaban J connectivity index is 1.89. The Kier molecular flexibility index (Phi) is 6.23. The fraction of sp³-hybridized carbons (Fsp3) is 0.579. The number of hydrogen-bond donors (Lipinski definition) is 1. The summed E-state index contributed by atoms with van der Waals surface area (Å²) >= 11 is 0. The summed E-state index contributed by atoms with van der Waals surface area (Å²) in [5, 5.41) is 3.09. The number of benzene rings is 1. The third-order valence-electron chi connectivity index (χ3n) is 4.35. The molecule has 1 aromatic carbocycles. The van der Waals surface area contributed by atoms with Gasteiger partial charge in [0.05, 0.1) is 0 Å². The zero-order chi connectivity index (χ0) is 17.7. The van der Waals surface area contributed by atoms with Crippen molar-refractivity contribution in [1.82, 2.24) is 10.2 Å². The minimum Gasteiger partial charge on any atom is -0.378 e. The highest BCUT2D eigenvalue weighted by atomic mass is 16.2. The lowest BCUT2D eigenvalue weighted by atomic mass is 10.0. The Bertz CT molecular complexity index is 576. The molecular weight excluding hydrogens is 302 g/mol. The zero-order valence-corrected chi connectivity index (χ0v) is 15.2. The van der Waals surface area contributed by atoms with Crippen LogP contribution < -0.4 is 10.2 Å². The molecule has 5 heteroatoms. The van der Waals surface area contributed by atoms with Gasteiger partial charge in [0, 0.05) is 50.9 Å². The average molecular weight is 331 g/mol. The highest BCUT2D eigenvalue weighted by Crippen LogP contribution is 2.18. The van der Waals surface area contributed by atoms with Gasteiger partial charge in [0.1, 0.15) is 0 Å². The second-order valence-electron chi connectivity index (χ2n) is 7.18. The zero-order valence-electron chi connectivity index (χ0n) is 15.2. The maximum atomic E-state index is 12.7. The first-order valence-electron chi connectivity index (χ1n) is 8.73. The Hall–Kier alpha value is -2.04. The number of amides is 2. The molecule has 0 bridgehead atoms. The Morgan fingerprint density at radius 3 is 2.50 bits per heavy atom. The highest BCUT2D eigenvalue weighted by molar-refractivity contribution is 5.95. The second-order valence-corrected chi connectivity index (χ2v) is 7.18. The normalized spacial score (nSPS) is 15.5. The molecule has 1 N–H and O–H groups in total. The van der Waals surface area contributed by atoms with Crippen LogP contribution in [0.15, 0.2) is 24.3 Å². The van der Waals surface area contributed by atoms with E-state index in [2.05, 4.69) is 5.32 Å². The van der Waals surface area contributed by atoms with Crippen LogP contribution in [-0.2, 0) is 4.79 Å². The van der Waals surface area contributed by atoms with Gasteiger partial charge in [-0.05, 0) is 37.0 Å². The van der Waals surface area contributed by atoms with Crippen LogP contribution in [0.25, 0.3) is 0 Å². The van der Waals surface area contributed by atoms with E-state index in [4.69, 9.17) is 0 Å². The van der Waals surface area contributed by atoms with E-state index in [-0.39, 0.29) is 17.9 Å². The molecule has 24 heavy (non-hydrogen) atoms. The van der Waals surface area contributed by atoms with Crippen molar-refractivity contribution in [3.63, 3.8) is 0 Å². The van der Waals surface area contributed by atoms with Gasteiger partial charge in [0.15, 0.2) is 0 Å². The third kappa shape index (κ3) is 4.98. The fourth-order valence-corrected chi connectivity index (χ4v) is 2.98. The lowest BCUT2D eigenvalue weighted by molar-refractivity contribution is -0.122. The number of anilines is 1. The quantitative estimate of drug-likeness (QED) is 0.902. The molecule has 0 unspecified atom stereocenters. The molecule has 132 valence electrons. The van der Waals surface area contributed by atoms with E-state index in [0.29, 0.717) is 25.4 Å². The molecule has 1 heterocycles.